The molecule has 0 saturated heterocycles. The lowest BCUT2D eigenvalue weighted by atomic mass is 9.76. The summed E-state index contributed by atoms with van der Waals surface area (Å²) in [7, 11) is 1.42. The van der Waals surface area contributed by atoms with Crippen LogP contribution in [0.3, 0.4) is 0 Å². The highest BCUT2D eigenvalue weighted by Gasteiger charge is 2.26. The Bertz CT molecular complexity index is 213. The van der Waals surface area contributed by atoms with E-state index in [0.29, 0.717) is 24.5 Å². The summed E-state index contributed by atoms with van der Waals surface area (Å²) < 4.78 is 10.3. The fourth-order valence-electron chi connectivity index (χ4n) is 2.11. The zero-order valence-electron chi connectivity index (χ0n) is 10.8. The van der Waals surface area contributed by atoms with Crippen molar-refractivity contribution in [1.82, 2.24) is 0 Å². The second kappa shape index (κ2) is 6.24. The van der Waals surface area contributed by atoms with Crippen molar-refractivity contribution in [2.24, 2.45) is 5.41 Å². The Kier molecular flexibility index (Phi) is 5.26. The summed E-state index contributed by atoms with van der Waals surface area (Å²) in [5.74, 6) is -0.145. The molecule has 94 valence electrons. The highest BCUT2D eigenvalue weighted by molar-refractivity contribution is 5.68. The van der Waals surface area contributed by atoms with Crippen molar-refractivity contribution in [2.45, 2.75) is 58.5 Å². The van der Waals surface area contributed by atoms with E-state index in [1.165, 1.54) is 20.0 Å². The van der Waals surface area contributed by atoms with E-state index in [2.05, 4.69) is 18.6 Å². The molecule has 0 heterocycles. The predicted octanol–water partition coefficient (Wildman–Crippen LogP) is 2.93. The van der Waals surface area contributed by atoms with Gasteiger partial charge in [-0.2, -0.15) is 0 Å². The summed E-state index contributed by atoms with van der Waals surface area (Å²) >= 11 is 0. The van der Waals surface area contributed by atoms with Crippen molar-refractivity contribution in [2.75, 3.05) is 13.7 Å². The van der Waals surface area contributed by atoms with Crippen LogP contribution in [0.2, 0.25) is 0 Å². The maximum atomic E-state index is 10.9. The molecule has 0 aromatic rings. The van der Waals surface area contributed by atoms with Gasteiger partial charge in [-0.15, -0.1) is 0 Å². The molecule has 1 saturated carbocycles. The topological polar surface area (TPSA) is 35.5 Å². The Labute approximate surface area is 98.5 Å². The van der Waals surface area contributed by atoms with Gasteiger partial charge in [0.15, 0.2) is 0 Å². The van der Waals surface area contributed by atoms with Crippen LogP contribution in [-0.4, -0.2) is 25.8 Å². The summed E-state index contributed by atoms with van der Waals surface area (Å²) in [6.07, 6.45) is 6.45. The third kappa shape index (κ3) is 4.97. The predicted molar refractivity (Wildman–Crippen MR) is 63.2 cm³/mol. The molecule has 0 aromatic carbocycles. The van der Waals surface area contributed by atoms with Crippen molar-refractivity contribution >= 4 is 5.97 Å². The van der Waals surface area contributed by atoms with Gasteiger partial charge in [0.05, 0.1) is 13.2 Å². The van der Waals surface area contributed by atoms with Crippen molar-refractivity contribution in [3.8, 4) is 0 Å². The van der Waals surface area contributed by atoms with E-state index in [4.69, 9.17) is 4.74 Å². The molecular weight excluding hydrogens is 204 g/mol. The Hall–Kier alpha value is -0.570. The van der Waals surface area contributed by atoms with E-state index < -0.39 is 0 Å². The van der Waals surface area contributed by atoms with Crippen LogP contribution in [0.15, 0.2) is 0 Å². The molecule has 1 fully saturated rings. The molecule has 1 aliphatic rings. The first-order valence-corrected chi connectivity index (χ1v) is 6.22. The zero-order valence-corrected chi connectivity index (χ0v) is 10.8. The molecule has 0 spiro atoms. The number of carbonyl (C=O) groups excluding carboxylic acids is 1. The lowest BCUT2D eigenvalue weighted by Crippen LogP contribution is -2.26. The smallest absolute Gasteiger partial charge is 0.305 e. The molecule has 16 heavy (non-hydrogen) atoms. The maximum absolute atomic E-state index is 10.9. The lowest BCUT2D eigenvalue weighted by molar-refractivity contribution is -0.141. The minimum Gasteiger partial charge on any atom is -0.469 e. The maximum Gasteiger partial charge on any atom is 0.305 e. The molecule has 0 aliphatic heterocycles. The third-order valence-electron chi connectivity index (χ3n) is 3.39. The number of hydrogen-bond donors (Lipinski definition) is 0. The molecule has 3 nitrogen and oxygen atoms in total. The average molecular weight is 228 g/mol. The molecule has 3 heteroatoms. The summed E-state index contributed by atoms with van der Waals surface area (Å²) in [6, 6.07) is 0. The minimum atomic E-state index is -0.145. The highest BCUT2D eigenvalue weighted by Crippen LogP contribution is 2.36. The van der Waals surface area contributed by atoms with Gasteiger partial charge in [-0.25, -0.2) is 0 Å². The highest BCUT2D eigenvalue weighted by atomic mass is 16.5. The molecule has 0 N–H and O–H groups in total. The van der Waals surface area contributed by atoms with E-state index >= 15 is 0 Å². The molecular formula is C13H24O3. The Balaban J connectivity index is 2.04. The molecule has 0 unspecified atom stereocenters. The van der Waals surface area contributed by atoms with Crippen molar-refractivity contribution in [1.29, 1.82) is 0 Å². The first-order valence-electron chi connectivity index (χ1n) is 6.22. The van der Waals surface area contributed by atoms with Crippen LogP contribution in [0, 0.1) is 5.41 Å². The van der Waals surface area contributed by atoms with Crippen LogP contribution in [-0.2, 0) is 14.3 Å². The Morgan fingerprint density at radius 1 is 1.31 bits per heavy atom. The van der Waals surface area contributed by atoms with Crippen LogP contribution < -0.4 is 0 Å². The van der Waals surface area contributed by atoms with E-state index in [-0.39, 0.29) is 5.97 Å². The molecule has 0 radical (unpaired) electrons. The van der Waals surface area contributed by atoms with Gasteiger partial charge in [0.1, 0.15) is 0 Å². The van der Waals surface area contributed by atoms with Gasteiger partial charge in [0.2, 0.25) is 0 Å². The van der Waals surface area contributed by atoms with Crippen LogP contribution in [0.1, 0.15) is 52.4 Å². The van der Waals surface area contributed by atoms with Gasteiger partial charge in [-0.1, -0.05) is 13.8 Å². The Morgan fingerprint density at radius 2 is 1.94 bits per heavy atom. The normalized spacial score (nSPS) is 20.7. The van der Waals surface area contributed by atoms with Crippen molar-refractivity contribution in [3.05, 3.63) is 0 Å². The van der Waals surface area contributed by atoms with Gasteiger partial charge < -0.3 is 9.47 Å². The number of carbonyl (C=O) groups is 1. The number of methoxy groups -OCH3 is 1. The van der Waals surface area contributed by atoms with Crippen molar-refractivity contribution in [3.63, 3.8) is 0 Å². The SMILES string of the molecule is COC(=O)CCCOC1CCC(C)(C)CC1. The van der Waals surface area contributed by atoms with Gasteiger partial charge in [0, 0.05) is 13.0 Å². The lowest BCUT2D eigenvalue weighted by Gasteiger charge is -2.34. The summed E-state index contributed by atoms with van der Waals surface area (Å²) in [5.41, 5.74) is 0.492. The molecule has 0 atom stereocenters. The fraction of sp³-hybridized carbons (Fsp3) is 0.923. The molecule has 0 aromatic heterocycles. The zero-order chi connectivity index (χ0) is 12.0. The Morgan fingerprint density at radius 3 is 2.50 bits per heavy atom. The van der Waals surface area contributed by atoms with Crippen LogP contribution in [0.25, 0.3) is 0 Å². The standard InChI is InChI=1S/C13H24O3/c1-13(2)8-6-11(7-9-13)16-10-4-5-12(14)15-3/h11H,4-10H2,1-3H3. The van der Waals surface area contributed by atoms with Gasteiger partial charge >= 0.3 is 5.97 Å². The first kappa shape index (κ1) is 13.5. The number of esters is 1. The van der Waals surface area contributed by atoms with E-state index in [0.717, 1.165) is 19.3 Å². The second-order valence-corrected chi connectivity index (χ2v) is 5.41. The summed E-state index contributed by atoms with van der Waals surface area (Å²) in [5, 5.41) is 0. The fourth-order valence-corrected chi connectivity index (χ4v) is 2.11. The van der Waals surface area contributed by atoms with Crippen LogP contribution in [0.5, 0.6) is 0 Å². The van der Waals surface area contributed by atoms with E-state index in [1.807, 2.05) is 0 Å². The minimum absolute atomic E-state index is 0.145. The first-order chi connectivity index (χ1) is 7.53. The van der Waals surface area contributed by atoms with E-state index in [1.54, 1.807) is 0 Å². The van der Waals surface area contributed by atoms with Crippen LogP contribution in [0.4, 0.5) is 0 Å². The summed E-state index contributed by atoms with van der Waals surface area (Å²) in [4.78, 5) is 10.9. The molecule has 1 aliphatic carbocycles. The molecule has 0 bridgehead atoms. The van der Waals surface area contributed by atoms with E-state index in [9.17, 15) is 4.79 Å². The average Bonchev–Trinajstić information content (AvgIpc) is 2.26. The molecule has 0 amide bonds. The largest absolute Gasteiger partial charge is 0.469 e. The van der Waals surface area contributed by atoms with Gasteiger partial charge in [-0.05, 0) is 37.5 Å². The quantitative estimate of drug-likeness (QED) is 0.536. The number of ether oxygens (including phenoxy) is 2. The third-order valence-corrected chi connectivity index (χ3v) is 3.39. The monoisotopic (exact) mass is 228 g/mol. The number of rotatable bonds is 5. The summed E-state index contributed by atoms with van der Waals surface area (Å²) in [6.45, 7) is 5.32. The van der Waals surface area contributed by atoms with Gasteiger partial charge in [-0.3, -0.25) is 4.79 Å². The molecule has 1 rings (SSSR count). The number of hydrogen-bond acceptors (Lipinski definition) is 3. The second-order valence-electron chi connectivity index (χ2n) is 5.41. The van der Waals surface area contributed by atoms with Crippen molar-refractivity contribution < 1.29 is 14.3 Å². The van der Waals surface area contributed by atoms with Crippen LogP contribution >= 0.6 is 0 Å². The van der Waals surface area contributed by atoms with Gasteiger partial charge in [0.25, 0.3) is 0 Å².